The zero-order valence-electron chi connectivity index (χ0n) is 11.8. The number of hydrogen-bond donors (Lipinski definition) is 1. The molecule has 0 aromatic carbocycles. The fourth-order valence-corrected chi connectivity index (χ4v) is 2.20. The Labute approximate surface area is 111 Å². The lowest BCUT2D eigenvalue weighted by Crippen LogP contribution is -2.04. The van der Waals surface area contributed by atoms with Gasteiger partial charge in [-0.3, -0.25) is 9.78 Å². The largest absolute Gasteiger partial charge is 0.464 e. The van der Waals surface area contributed by atoms with Gasteiger partial charge in [0, 0.05) is 17.3 Å². The standard InChI is InChI=1S/C13H18N4O2/c1-7(2)17-9(4)12(8(3)16-17)10-6-11(15-14-10)13(18)19-5/h6-7H,1-5H3,(H,14,15). The summed E-state index contributed by atoms with van der Waals surface area (Å²) >= 11 is 0. The molecular formula is C13H18N4O2. The summed E-state index contributed by atoms with van der Waals surface area (Å²) in [6.45, 7) is 8.09. The van der Waals surface area contributed by atoms with Crippen molar-refractivity contribution in [3.63, 3.8) is 0 Å². The number of nitrogens with one attached hydrogen (secondary N) is 1. The molecule has 1 N–H and O–H groups in total. The van der Waals surface area contributed by atoms with Gasteiger partial charge in [-0.1, -0.05) is 0 Å². The number of H-pyrrole nitrogens is 1. The van der Waals surface area contributed by atoms with Crippen molar-refractivity contribution in [2.75, 3.05) is 7.11 Å². The third-order valence-electron chi connectivity index (χ3n) is 3.05. The van der Waals surface area contributed by atoms with E-state index >= 15 is 0 Å². The van der Waals surface area contributed by atoms with E-state index in [0.29, 0.717) is 11.4 Å². The Balaban J connectivity index is 2.47. The normalized spacial score (nSPS) is 11.1. The van der Waals surface area contributed by atoms with Gasteiger partial charge in [0.1, 0.15) is 5.69 Å². The fourth-order valence-electron chi connectivity index (χ4n) is 2.20. The van der Waals surface area contributed by atoms with Crippen LogP contribution in [0.1, 0.15) is 41.8 Å². The van der Waals surface area contributed by atoms with Gasteiger partial charge >= 0.3 is 5.97 Å². The minimum atomic E-state index is -0.426. The van der Waals surface area contributed by atoms with Crippen molar-refractivity contribution in [3.05, 3.63) is 23.1 Å². The van der Waals surface area contributed by atoms with Crippen LogP contribution in [0.15, 0.2) is 6.07 Å². The molecule has 2 aromatic heterocycles. The van der Waals surface area contributed by atoms with Gasteiger partial charge in [-0.15, -0.1) is 0 Å². The van der Waals surface area contributed by atoms with Crippen LogP contribution in [0.3, 0.4) is 0 Å². The Kier molecular flexibility index (Phi) is 3.42. The number of hydrogen-bond acceptors (Lipinski definition) is 4. The van der Waals surface area contributed by atoms with Gasteiger partial charge in [0.15, 0.2) is 0 Å². The van der Waals surface area contributed by atoms with Gasteiger partial charge in [0.25, 0.3) is 0 Å². The highest BCUT2D eigenvalue weighted by molar-refractivity contribution is 5.88. The quantitative estimate of drug-likeness (QED) is 0.861. The molecule has 0 aliphatic heterocycles. The molecule has 0 aliphatic rings. The van der Waals surface area contributed by atoms with Gasteiger partial charge < -0.3 is 4.74 Å². The van der Waals surface area contributed by atoms with E-state index in [4.69, 9.17) is 0 Å². The first-order valence-electron chi connectivity index (χ1n) is 6.15. The van der Waals surface area contributed by atoms with Crippen LogP contribution in [0.4, 0.5) is 0 Å². The molecule has 0 spiro atoms. The number of carbonyl (C=O) groups is 1. The second-order valence-electron chi connectivity index (χ2n) is 4.74. The number of ether oxygens (including phenoxy) is 1. The van der Waals surface area contributed by atoms with Crippen LogP contribution >= 0.6 is 0 Å². The average molecular weight is 262 g/mol. The predicted molar refractivity (Wildman–Crippen MR) is 71.0 cm³/mol. The number of aromatic amines is 1. The highest BCUT2D eigenvalue weighted by Gasteiger charge is 2.19. The lowest BCUT2D eigenvalue weighted by Gasteiger charge is -2.07. The maximum atomic E-state index is 11.4. The molecule has 102 valence electrons. The van der Waals surface area contributed by atoms with Crippen LogP contribution in [0.5, 0.6) is 0 Å². The molecule has 6 nitrogen and oxygen atoms in total. The molecule has 2 rings (SSSR count). The highest BCUT2D eigenvalue weighted by Crippen LogP contribution is 2.27. The van der Waals surface area contributed by atoms with Gasteiger partial charge in [-0.25, -0.2) is 4.79 Å². The lowest BCUT2D eigenvalue weighted by atomic mass is 10.1. The Morgan fingerprint density at radius 1 is 1.42 bits per heavy atom. The molecule has 0 aliphatic carbocycles. The average Bonchev–Trinajstić information content (AvgIpc) is 2.93. The number of nitrogens with zero attached hydrogens (tertiary/aromatic N) is 3. The predicted octanol–water partition coefficient (Wildman–Crippen LogP) is 2.26. The third-order valence-corrected chi connectivity index (χ3v) is 3.05. The first-order chi connectivity index (χ1) is 8.95. The molecule has 0 amide bonds. The van der Waals surface area contributed by atoms with Crippen molar-refractivity contribution in [2.24, 2.45) is 0 Å². The van der Waals surface area contributed by atoms with Gasteiger partial charge in [-0.2, -0.15) is 10.2 Å². The smallest absolute Gasteiger partial charge is 0.356 e. The summed E-state index contributed by atoms with van der Waals surface area (Å²) in [6.07, 6.45) is 0. The summed E-state index contributed by atoms with van der Waals surface area (Å²) in [5.41, 5.74) is 3.94. The second kappa shape index (κ2) is 4.87. The van der Waals surface area contributed by atoms with Gasteiger partial charge in [0.2, 0.25) is 0 Å². The molecule has 0 saturated carbocycles. The second-order valence-corrected chi connectivity index (χ2v) is 4.74. The first-order valence-corrected chi connectivity index (χ1v) is 6.15. The Morgan fingerprint density at radius 2 is 2.11 bits per heavy atom. The van der Waals surface area contributed by atoms with E-state index in [1.807, 2.05) is 18.5 Å². The maximum absolute atomic E-state index is 11.4. The van der Waals surface area contributed by atoms with Crippen molar-refractivity contribution in [1.29, 1.82) is 0 Å². The molecule has 2 heterocycles. The molecule has 2 aromatic rings. The minimum Gasteiger partial charge on any atom is -0.464 e. The van der Waals surface area contributed by atoms with E-state index in [0.717, 1.165) is 17.0 Å². The number of rotatable bonds is 3. The summed E-state index contributed by atoms with van der Waals surface area (Å²) in [4.78, 5) is 11.4. The van der Waals surface area contributed by atoms with E-state index in [1.165, 1.54) is 7.11 Å². The van der Waals surface area contributed by atoms with Gasteiger partial charge in [-0.05, 0) is 33.8 Å². The topological polar surface area (TPSA) is 72.8 Å². The van der Waals surface area contributed by atoms with Gasteiger partial charge in [0.05, 0.1) is 18.5 Å². The summed E-state index contributed by atoms with van der Waals surface area (Å²) in [5.74, 6) is -0.426. The Bertz CT molecular complexity index is 610. The van der Waals surface area contributed by atoms with Crippen LogP contribution in [0.2, 0.25) is 0 Å². The Hall–Kier alpha value is -2.11. The molecule has 0 atom stereocenters. The third kappa shape index (κ3) is 2.25. The molecule has 0 saturated heterocycles. The zero-order valence-corrected chi connectivity index (χ0v) is 11.8. The Morgan fingerprint density at radius 3 is 2.63 bits per heavy atom. The molecule has 6 heteroatoms. The van der Waals surface area contributed by atoms with E-state index in [1.54, 1.807) is 6.07 Å². The maximum Gasteiger partial charge on any atom is 0.356 e. The monoisotopic (exact) mass is 262 g/mol. The molecular weight excluding hydrogens is 244 g/mol. The summed E-state index contributed by atoms with van der Waals surface area (Å²) in [5, 5.41) is 11.4. The van der Waals surface area contributed by atoms with Crippen LogP contribution in [0.25, 0.3) is 11.3 Å². The number of aromatic nitrogens is 4. The van der Waals surface area contributed by atoms with E-state index in [-0.39, 0.29) is 6.04 Å². The highest BCUT2D eigenvalue weighted by atomic mass is 16.5. The van der Waals surface area contributed by atoms with Crippen LogP contribution in [-0.2, 0) is 4.74 Å². The van der Waals surface area contributed by atoms with E-state index < -0.39 is 5.97 Å². The number of esters is 1. The van der Waals surface area contributed by atoms with Crippen molar-refractivity contribution >= 4 is 5.97 Å². The van der Waals surface area contributed by atoms with Crippen molar-refractivity contribution in [2.45, 2.75) is 33.7 Å². The first kappa shape index (κ1) is 13.3. The minimum absolute atomic E-state index is 0.284. The summed E-state index contributed by atoms with van der Waals surface area (Å²) in [7, 11) is 1.34. The van der Waals surface area contributed by atoms with E-state index in [2.05, 4.69) is 33.9 Å². The van der Waals surface area contributed by atoms with Crippen molar-refractivity contribution < 1.29 is 9.53 Å². The van der Waals surface area contributed by atoms with E-state index in [9.17, 15) is 4.79 Å². The molecule has 0 fully saturated rings. The molecule has 19 heavy (non-hydrogen) atoms. The lowest BCUT2D eigenvalue weighted by molar-refractivity contribution is 0.0594. The fraction of sp³-hybridized carbons (Fsp3) is 0.462. The molecule has 0 bridgehead atoms. The van der Waals surface area contributed by atoms with Crippen molar-refractivity contribution in [3.8, 4) is 11.3 Å². The number of aryl methyl sites for hydroxylation is 1. The summed E-state index contributed by atoms with van der Waals surface area (Å²) in [6, 6.07) is 1.97. The van der Waals surface area contributed by atoms with Crippen LogP contribution < -0.4 is 0 Å². The number of carbonyl (C=O) groups excluding carboxylic acids is 1. The van der Waals surface area contributed by atoms with Crippen LogP contribution in [0, 0.1) is 13.8 Å². The zero-order chi connectivity index (χ0) is 14.2. The molecule has 0 radical (unpaired) electrons. The molecule has 0 unspecified atom stereocenters. The van der Waals surface area contributed by atoms with Crippen LogP contribution in [-0.4, -0.2) is 33.1 Å². The summed E-state index contributed by atoms with van der Waals surface area (Å²) < 4.78 is 6.61. The SMILES string of the molecule is COC(=O)c1cc(-c2c(C)nn(C(C)C)c2C)n[nH]1. The van der Waals surface area contributed by atoms with Crippen molar-refractivity contribution in [1.82, 2.24) is 20.0 Å². The number of methoxy groups -OCH3 is 1.